The van der Waals surface area contributed by atoms with Gasteiger partial charge in [-0.2, -0.15) is 0 Å². The molecule has 0 fully saturated rings. The third-order valence-electron chi connectivity index (χ3n) is 20.1. The van der Waals surface area contributed by atoms with E-state index in [9.17, 15) is 24.3 Å². The molecule has 0 saturated carbocycles. The third kappa shape index (κ3) is 20.3. The first-order chi connectivity index (χ1) is 55.5. The van der Waals surface area contributed by atoms with Gasteiger partial charge in [-0.15, -0.1) is 0 Å². The molecule has 115 heavy (non-hydrogen) atoms. The SMILES string of the molecule is CC(C)[C@H](NC(=O)[C@H](CC(=O)OC(C)(C)C)NC(=O)[C@@H](N)CCC(=O)NC(c1ccccc1)(c1ccccc1)c1ccccc1)C(=O)N[C@@H](Cc1cn(C(c2ccccc2)(c2ccccc2)c2ccccc2)cn1)C(=O)N[C@@H](CC(=O)NC(c1ccccc1)(c1ccccc1)c1ccccc1)C(=O)N[C@@H](Cc1ccccc1)C(=O)O. The van der Waals surface area contributed by atoms with E-state index in [0.29, 0.717) is 22.3 Å². The van der Waals surface area contributed by atoms with Gasteiger partial charge in [-0.3, -0.25) is 38.4 Å². The van der Waals surface area contributed by atoms with E-state index >= 15 is 24.0 Å². The Balaban J connectivity index is 0.930. The quantitative estimate of drug-likeness (QED) is 0.0132. The molecule has 6 atom stereocenters. The summed E-state index contributed by atoms with van der Waals surface area (Å²) in [4.78, 5) is 139. The number of rotatable bonds is 35. The average molecular weight is 1540 g/mol. The summed E-state index contributed by atoms with van der Waals surface area (Å²) in [5.41, 5.74) is 9.35. The summed E-state index contributed by atoms with van der Waals surface area (Å²) in [6, 6.07) is 83.8. The van der Waals surface area contributed by atoms with Gasteiger partial charge in [0.1, 0.15) is 52.4 Å². The van der Waals surface area contributed by atoms with Crippen LogP contribution in [0.15, 0.2) is 316 Å². The molecule has 1 heterocycles. The van der Waals surface area contributed by atoms with Crippen LogP contribution in [0.3, 0.4) is 0 Å². The highest BCUT2D eigenvalue weighted by atomic mass is 16.6. The van der Waals surface area contributed by atoms with E-state index in [1.165, 1.54) is 0 Å². The lowest BCUT2D eigenvalue weighted by molar-refractivity contribution is -0.156. The number of esters is 1. The first-order valence-electron chi connectivity index (χ1n) is 38.4. The molecule has 0 radical (unpaired) electrons. The standard InChI is InChI=1S/C94H96N10O11/c1-64(2)84(101-88(111)79(61-83(107)115-91(3,4)5)97-85(108)76(95)56-57-81(105)102-92(66-38-18-7-19-39-66,67-40-20-8-21-41-67)68-42-22-9-23-43-68)89(112)99-77(59-75-62-104(63-96-75)94(72-50-30-13-31-51-72,73-52-32-14-33-53-73)74-54-34-15-35-55-74)86(109)98-78(87(110)100-80(90(113)114)58-65-36-16-6-17-37-65)60-82(106)103-93(69-44-24-10-25-45-69,70-46-26-11-27-47-70)71-48-28-12-29-49-71/h6-55,62-64,76-80,84H,56-61,95H2,1-5H3,(H,97,108)(H,98,109)(H,99,112)(H,100,110)(H,101,111)(H,102,105)(H,103,106)(H,113,114)/t76-,77-,78-,79-,80-,84-/m0/s1. The van der Waals surface area contributed by atoms with E-state index < -0.39 is 137 Å². The van der Waals surface area contributed by atoms with Gasteiger partial charge in [-0.05, 0) is 88.7 Å². The second-order valence-electron chi connectivity index (χ2n) is 29.7. The van der Waals surface area contributed by atoms with Crippen LogP contribution in [0.5, 0.6) is 0 Å². The van der Waals surface area contributed by atoms with E-state index in [1.807, 2.05) is 278 Å². The second-order valence-corrected chi connectivity index (χ2v) is 29.7. The highest BCUT2D eigenvalue weighted by Crippen LogP contribution is 2.42. The summed E-state index contributed by atoms with van der Waals surface area (Å²) in [6.07, 6.45) is 0.709. The largest absolute Gasteiger partial charge is 0.480 e. The van der Waals surface area contributed by atoms with Crippen molar-refractivity contribution in [1.29, 1.82) is 0 Å². The summed E-state index contributed by atoms with van der Waals surface area (Å²) in [5.74, 6) is -9.33. The van der Waals surface area contributed by atoms with E-state index in [0.717, 1.165) is 33.4 Å². The highest BCUT2D eigenvalue weighted by Gasteiger charge is 2.44. The van der Waals surface area contributed by atoms with Crippen molar-refractivity contribution in [3.8, 4) is 0 Å². The molecule has 21 nitrogen and oxygen atoms in total. The van der Waals surface area contributed by atoms with Gasteiger partial charge in [0.2, 0.25) is 41.4 Å². The van der Waals surface area contributed by atoms with Crippen molar-refractivity contribution in [3.63, 3.8) is 0 Å². The Morgan fingerprint density at radius 3 is 1.11 bits per heavy atom. The Morgan fingerprint density at radius 1 is 0.400 bits per heavy atom. The van der Waals surface area contributed by atoms with Gasteiger partial charge in [0, 0.05) is 25.5 Å². The number of nitrogens with one attached hydrogen (secondary N) is 7. The number of carboxylic acid groups (broad SMARTS) is 1. The number of amides is 7. The number of ether oxygens (including phenoxy) is 1. The van der Waals surface area contributed by atoms with Crippen molar-refractivity contribution in [2.24, 2.45) is 11.7 Å². The number of nitrogens with two attached hydrogens (primary N) is 1. The molecular formula is C94H96N10O11. The normalized spacial score (nSPS) is 13.2. The number of hydrogen-bond donors (Lipinski definition) is 9. The molecule has 7 amide bonds. The zero-order chi connectivity index (χ0) is 81.5. The summed E-state index contributed by atoms with van der Waals surface area (Å²) in [6.45, 7) is 8.12. The lowest BCUT2D eigenvalue weighted by Gasteiger charge is -2.37. The molecule has 0 unspecified atom stereocenters. The Hall–Kier alpha value is -13.4. The Bertz CT molecular complexity index is 4770. The van der Waals surface area contributed by atoms with Crippen molar-refractivity contribution in [1.82, 2.24) is 46.8 Å². The molecule has 10 N–H and O–H groups in total. The molecule has 10 aromatic carbocycles. The van der Waals surface area contributed by atoms with Crippen LogP contribution in [0.2, 0.25) is 0 Å². The maximum absolute atomic E-state index is 16.0. The van der Waals surface area contributed by atoms with E-state index in [1.54, 1.807) is 77.5 Å². The van der Waals surface area contributed by atoms with Crippen LogP contribution in [-0.4, -0.2) is 110 Å². The van der Waals surface area contributed by atoms with Gasteiger partial charge in [-0.1, -0.05) is 317 Å². The smallest absolute Gasteiger partial charge is 0.326 e. The minimum Gasteiger partial charge on any atom is -0.480 e. The maximum Gasteiger partial charge on any atom is 0.326 e. The zero-order valence-corrected chi connectivity index (χ0v) is 64.8. The summed E-state index contributed by atoms with van der Waals surface area (Å²) >= 11 is 0. The minimum atomic E-state index is -1.87. The average Bonchev–Trinajstić information content (AvgIpc) is 1.75. The molecular weight excluding hydrogens is 1450 g/mol. The highest BCUT2D eigenvalue weighted by molar-refractivity contribution is 5.99. The summed E-state index contributed by atoms with van der Waals surface area (Å²) < 4.78 is 7.58. The molecule has 0 bridgehead atoms. The lowest BCUT2D eigenvalue weighted by Crippen LogP contribution is -2.61. The van der Waals surface area contributed by atoms with Crippen LogP contribution >= 0.6 is 0 Å². The predicted octanol–water partition coefficient (Wildman–Crippen LogP) is 11.1. The second kappa shape index (κ2) is 38.2. The van der Waals surface area contributed by atoms with Crippen LogP contribution in [0.1, 0.15) is 122 Å². The Labute approximate surface area is 670 Å². The Kier molecular flexibility index (Phi) is 27.4. The van der Waals surface area contributed by atoms with Gasteiger partial charge in [0.25, 0.3) is 0 Å². The summed E-state index contributed by atoms with van der Waals surface area (Å²) in [7, 11) is 0. The van der Waals surface area contributed by atoms with Crippen LogP contribution in [-0.2, 0) is 77.3 Å². The fourth-order valence-corrected chi connectivity index (χ4v) is 14.6. The third-order valence-corrected chi connectivity index (χ3v) is 20.1. The van der Waals surface area contributed by atoms with Gasteiger partial charge >= 0.3 is 11.9 Å². The van der Waals surface area contributed by atoms with Gasteiger partial charge in [-0.25, -0.2) is 9.78 Å². The molecule has 0 saturated heterocycles. The molecule has 1 aromatic heterocycles. The fraction of sp³-hybridized carbons (Fsp3) is 0.234. The van der Waals surface area contributed by atoms with Gasteiger partial charge in [0.05, 0.1) is 30.9 Å². The molecule has 11 aromatic rings. The number of carboxylic acids is 1. The number of imidazole rings is 1. The zero-order valence-electron chi connectivity index (χ0n) is 64.8. The number of carbonyl (C=O) groups is 9. The number of nitrogens with zero attached hydrogens (tertiary/aromatic N) is 2. The van der Waals surface area contributed by atoms with Crippen LogP contribution in [0.4, 0.5) is 0 Å². The maximum atomic E-state index is 16.0. The van der Waals surface area contributed by atoms with Crippen LogP contribution < -0.4 is 43.0 Å². The van der Waals surface area contributed by atoms with Crippen molar-refractivity contribution >= 4 is 53.3 Å². The van der Waals surface area contributed by atoms with Crippen molar-refractivity contribution in [2.45, 2.75) is 132 Å². The molecule has 11 rings (SSSR count). The molecule has 0 aliphatic heterocycles. The molecule has 0 aliphatic rings. The number of hydrogen-bond acceptors (Lipinski definition) is 12. The van der Waals surface area contributed by atoms with Gasteiger partial charge < -0.3 is 57.4 Å². The minimum absolute atomic E-state index is 0.191. The molecule has 0 spiro atoms. The number of aliphatic carboxylic acids is 1. The predicted molar refractivity (Wildman–Crippen MR) is 440 cm³/mol. The Morgan fingerprint density at radius 2 is 0.730 bits per heavy atom. The first kappa shape index (κ1) is 82.6. The topological polar surface area (TPSA) is 311 Å². The van der Waals surface area contributed by atoms with Crippen molar-refractivity contribution in [3.05, 3.63) is 377 Å². The summed E-state index contributed by atoms with van der Waals surface area (Å²) in [5, 5.41) is 30.9. The van der Waals surface area contributed by atoms with E-state index in [-0.39, 0.29) is 25.0 Å². The number of benzene rings is 10. The fourth-order valence-electron chi connectivity index (χ4n) is 14.6. The van der Waals surface area contributed by atoms with Crippen LogP contribution in [0, 0.1) is 5.92 Å². The molecule has 0 aliphatic carbocycles. The van der Waals surface area contributed by atoms with Crippen LogP contribution in [0.25, 0.3) is 0 Å². The van der Waals surface area contributed by atoms with Crippen molar-refractivity contribution < 1.29 is 53.0 Å². The number of aromatic nitrogens is 2. The monoisotopic (exact) mass is 1540 g/mol. The molecule has 588 valence electrons. The van der Waals surface area contributed by atoms with E-state index in [4.69, 9.17) is 15.5 Å². The molecule has 21 heteroatoms. The van der Waals surface area contributed by atoms with Gasteiger partial charge in [0.15, 0.2) is 0 Å². The van der Waals surface area contributed by atoms with E-state index in [2.05, 4.69) is 37.2 Å². The number of carbonyl (C=O) groups excluding carboxylic acids is 8. The van der Waals surface area contributed by atoms with Crippen molar-refractivity contribution in [2.75, 3.05) is 0 Å². The first-order valence-corrected chi connectivity index (χ1v) is 38.4. The lowest BCUT2D eigenvalue weighted by atomic mass is 9.77.